The molecule has 0 bridgehead atoms. The number of carbonyl (C=O) groups is 1. The average Bonchev–Trinajstić information content (AvgIpc) is 3.50. The Balaban J connectivity index is 1.60. The highest BCUT2D eigenvalue weighted by atomic mass is 35.5. The van der Waals surface area contributed by atoms with Gasteiger partial charge < -0.3 is 20.5 Å². The fraction of sp³-hybridized carbons (Fsp3) is 0.231. The lowest BCUT2D eigenvalue weighted by Gasteiger charge is -2.11. The Morgan fingerprint density at radius 1 is 1.21 bits per heavy atom. The van der Waals surface area contributed by atoms with Gasteiger partial charge in [-0.1, -0.05) is 35.9 Å². The summed E-state index contributed by atoms with van der Waals surface area (Å²) >= 11 is 7.39. The highest BCUT2D eigenvalue weighted by molar-refractivity contribution is 7.21. The number of nitrogen functional groups attached to an aromatic ring is 1. The first-order chi connectivity index (χ1) is 16.5. The van der Waals surface area contributed by atoms with Crippen molar-refractivity contribution >= 4 is 44.7 Å². The Morgan fingerprint density at radius 3 is 2.62 bits per heavy atom. The Kier molecular flexibility index (Phi) is 6.41. The highest BCUT2D eigenvalue weighted by Gasteiger charge is 2.23. The number of thiophene rings is 1. The molecule has 1 atom stereocenters. The van der Waals surface area contributed by atoms with E-state index in [-0.39, 0.29) is 12.0 Å². The Labute approximate surface area is 206 Å². The average molecular weight is 494 g/mol. The van der Waals surface area contributed by atoms with Gasteiger partial charge in [0.05, 0.1) is 24.6 Å². The second-order valence-electron chi connectivity index (χ2n) is 8.16. The lowest BCUT2D eigenvalue weighted by Crippen LogP contribution is -2.31. The van der Waals surface area contributed by atoms with Crippen LogP contribution in [0.4, 0.5) is 5.69 Å². The molecule has 0 radical (unpaired) electrons. The number of hydrogen-bond donors (Lipinski definition) is 2. The number of carbonyl (C=O) groups excluding carboxylic acids is 1. The van der Waals surface area contributed by atoms with Gasteiger partial charge in [-0.2, -0.15) is 0 Å². The second kappa shape index (κ2) is 9.62. The van der Waals surface area contributed by atoms with Crippen molar-refractivity contribution in [3.8, 4) is 28.1 Å². The summed E-state index contributed by atoms with van der Waals surface area (Å²) in [4.78, 5) is 19.1. The number of anilines is 1. The van der Waals surface area contributed by atoms with Crippen LogP contribution in [-0.4, -0.2) is 37.3 Å². The van der Waals surface area contributed by atoms with Crippen LogP contribution in [0.3, 0.4) is 0 Å². The summed E-state index contributed by atoms with van der Waals surface area (Å²) in [5.74, 6) is 0.559. The van der Waals surface area contributed by atoms with Crippen molar-refractivity contribution in [2.24, 2.45) is 0 Å². The first-order valence-electron chi connectivity index (χ1n) is 11.1. The lowest BCUT2D eigenvalue weighted by atomic mass is 9.99. The first-order valence-corrected chi connectivity index (χ1v) is 12.3. The SMILES string of the molecule is COc1ccc(-c2cc(-c3ccc(Cl)cc3)nc3sc(C(=O)NCC4CCCO4)c(N)c23)cc1. The number of benzene rings is 2. The largest absolute Gasteiger partial charge is 0.497 e. The van der Waals surface area contributed by atoms with Gasteiger partial charge in [-0.3, -0.25) is 4.79 Å². The maximum atomic E-state index is 13.0. The van der Waals surface area contributed by atoms with E-state index in [9.17, 15) is 4.79 Å². The molecule has 4 aromatic rings. The quantitative estimate of drug-likeness (QED) is 0.355. The third kappa shape index (κ3) is 4.46. The summed E-state index contributed by atoms with van der Waals surface area (Å²) in [5, 5.41) is 4.41. The standard InChI is InChI=1S/C26H24ClN3O3S/c1-32-18-10-6-15(7-11-18)20-13-21(16-4-8-17(27)9-5-16)30-26-22(20)23(28)24(34-26)25(31)29-14-19-3-2-12-33-19/h4-11,13,19H,2-3,12,14,28H2,1H3,(H,29,31). The van der Waals surface area contributed by atoms with Crippen molar-refractivity contribution in [1.82, 2.24) is 10.3 Å². The minimum Gasteiger partial charge on any atom is -0.497 e. The zero-order valence-corrected chi connectivity index (χ0v) is 20.2. The molecule has 0 spiro atoms. The summed E-state index contributed by atoms with van der Waals surface area (Å²) in [6.07, 6.45) is 2.04. The van der Waals surface area contributed by atoms with Crippen molar-refractivity contribution in [3.05, 3.63) is 64.5 Å². The number of rotatable bonds is 6. The number of fused-ring (bicyclic) bond motifs is 1. The molecule has 3 heterocycles. The van der Waals surface area contributed by atoms with E-state index in [0.717, 1.165) is 53.0 Å². The molecule has 8 heteroatoms. The molecule has 1 aliphatic heterocycles. The van der Waals surface area contributed by atoms with Crippen LogP contribution in [0, 0.1) is 0 Å². The van der Waals surface area contributed by atoms with Crippen LogP contribution in [-0.2, 0) is 4.74 Å². The molecule has 1 fully saturated rings. The van der Waals surface area contributed by atoms with Crippen molar-refractivity contribution < 1.29 is 14.3 Å². The van der Waals surface area contributed by atoms with Crippen LogP contribution in [0.5, 0.6) is 5.75 Å². The van der Waals surface area contributed by atoms with Crippen LogP contribution in [0.2, 0.25) is 5.02 Å². The van der Waals surface area contributed by atoms with Gasteiger partial charge in [-0.25, -0.2) is 4.98 Å². The van der Waals surface area contributed by atoms with Gasteiger partial charge in [0.25, 0.3) is 5.91 Å². The Morgan fingerprint density at radius 2 is 1.94 bits per heavy atom. The minimum atomic E-state index is -0.204. The second-order valence-corrected chi connectivity index (χ2v) is 9.60. The summed E-state index contributed by atoms with van der Waals surface area (Å²) in [5.41, 5.74) is 10.6. The highest BCUT2D eigenvalue weighted by Crippen LogP contribution is 2.41. The molecule has 1 amide bonds. The molecule has 0 saturated carbocycles. The topological polar surface area (TPSA) is 86.5 Å². The van der Waals surface area contributed by atoms with Gasteiger partial charge >= 0.3 is 0 Å². The number of pyridine rings is 1. The van der Waals surface area contributed by atoms with E-state index in [2.05, 4.69) is 5.32 Å². The molecule has 2 aromatic heterocycles. The predicted molar refractivity (Wildman–Crippen MR) is 138 cm³/mol. The normalized spacial score (nSPS) is 15.5. The van der Waals surface area contributed by atoms with E-state index in [1.165, 1.54) is 11.3 Å². The smallest absolute Gasteiger partial charge is 0.263 e. The van der Waals surface area contributed by atoms with Crippen LogP contribution in [0.1, 0.15) is 22.5 Å². The maximum absolute atomic E-state index is 13.0. The molecule has 5 rings (SSSR count). The van der Waals surface area contributed by atoms with Gasteiger partial charge in [0.2, 0.25) is 0 Å². The third-order valence-corrected chi connectivity index (χ3v) is 7.31. The molecule has 2 aromatic carbocycles. The van der Waals surface area contributed by atoms with E-state index in [4.69, 9.17) is 31.8 Å². The minimum absolute atomic E-state index is 0.0593. The Hall–Kier alpha value is -3.13. The summed E-state index contributed by atoms with van der Waals surface area (Å²) < 4.78 is 10.9. The molecule has 174 valence electrons. The fourth-order valence-electron chi connectivity index (χ4n) is 4.15. The lowest BCUT2D eigenvalue weighted by molar-refractivity contribution is 0.0862. The molecule has 6 nitrogen and oxygen atoms in total. The van der Waals surface area contributed by atoms with E-state index in [1.54, 1.807) is 7.11 Å². The number of nitrogens with two attached hydrogens (primary N) is 1. The first kappa shape index (κ1) is 22.7. The number of methoxy groups -OCH3 is 1. The third-order valence-electron chi connectivity index (χ3n) is 5.96. The van der Waals surface area contributed by atoms with Crippen LogP contribution >= 0.6 is 22.9 Å². The molecule has 3 N–H and O–H groups in total. The van der Waals surface area contributed by atoms with Gasteiger partial charge in [-0.15, -0.1) is 11.3 Å². The van der Waals surface area contributed by atoms with Crippen LogP contribution < -0.4 is 15.8 Å². The van der Waals surface area contributed by atoms with Crippen molar-refractivity contribution in [2.75, 3.05) is 26.0 Å². The molecular formula is C26H24ClN3O3S. The van der Waals surface area contributed by atoms with Crippen LogP contribution in [0.25, 0.3) is 32.6 Å². The number of halogens is 1. The molecule has 34 heavy (non-hydrogen) atoms. The van der Waals surface area contributed by atoms with Gasteiger partial charge in [0, 0.05) is 29.1 Å². The number of hydrogen-bond acceptors (Lipinski definition) is 6. The van der Waals surface area contributed by atoms with Crippen molar-refractivity contribution in [2.45, 2.75) is 18.9 Å². The van der Waals surface area contributed by atoms with E-state index < -0.39 is 0 Å². The number of amides is 1. The molecular weight excluding hydrogens is 470 g/mol. The number of aromatic nitrogens is 1. The summed E-state index contributed by atoms with van der Waals surface area (Å²) in [7, 11) is 1.64. The predicted octanol–water partition coefficient (Wildman–Crippen LogP) is 5.78. The van der Waals surface area contributed by atoms with E-state index >= 15 is 0 Å². The number of nitrogens with zero attached hydrogens (tertiary/aromatic N) is 1. The number of ether oxygens (including phenoxy) is 2. The molecule has 0 aliphatic carbocycles. The zero-order chi connectivity index (χ0) is 23.7. The van der Waals surface area contributed by atoms with Crippen molar-refractivity contribution in [3.63, 3.8) is 0 Å². The molecule has 1 aliphatic rings. The van der Waals surface area contributed by atoms with Crippen molar-refractivity contribution in [1.29, 1.82) is 0 Å². The summed E-state index contributed by atoms with van der Waals surface area (Å²) in [6.45, 7) is 1.22. The zero-order valence-electron chi connectivity index (χ0n) is 18.6. The van der Waals surface area contributed by atoms with Gasteiger partial charge in [0.1, 0.15) is 15.5 Å². The van der Waals surface area contributed by atoms with Gasteiger partial charge in [-0.05, 0) is 54.3 Å². The van der Waals surface area contributed by atoms with E-state index in [1.807, 2.05) is 54.6 Å². The molecule has 1 unspecified atom stereocenters. The van der Waals surface area contributed by atoms with Crippen LogP contribution in [0.15, 0.2) is 54.6 Å². The number of nitrogens with one attached hydrogen (secondary N) is 1. The maximum Gasteiger partial charge on any atom is 0.263 e. The fourth-order valence-corrected chi connectivity index (χ4v) is 5.31. The molecule has 1 saturated heterocycles. The summed E-state index contributed by atoms with van der Waals surface area (Å²) in [6, 6.07) is 17.3. The van der Waals surface area contributed by atoms with Gasteiger partial charge in [0.15, 0.2) is 0 Å². The monoisotopic (exact) mass is 493 g/mol. The Bertz CT molecular complexity index is 1330. The van der Waals surface area contributed by atoms with E-state index in [0.29, 0.717) is 27.0 Å².